The molecule has 19 heavy (non-hydrogen) atoms. The van der Waals surface area contributed by atoms with Crippen LogP contribution in [0.15, 0.2) is 30.3 Å². The van der Waals surface area contributed by atoms with Crippen LogP contribution in [0, 0.1) is 0 Å². The molecule has 0 spiro atoms. The minimum Gasteiger partial charge on any atom is -0.463 e. The largest absolute Gasteiger partial charge is 0.463 e. The van der Waals surface area contributed by atoms with Crippen LogP contribution in [0.5, 0.6) is 0 Å². The summed E-state index contributed by atoms with van der Waals surface area (Å²) in [6.45, 7) is 9.12. The standard InChI is InChI=1S/C17H24O2/c1-5-6-13-19-16(18)12-9-14-7-10-15(11-8-14)17(2,3)4/h7-12H,5-6,13H2,1-4H3/b12-9+. The normalized spacial score (nSPS) is 11.8. The highest BCUT2D eigenvalue weighted by atomic mass is 16.5. The van der Waals surface area contributed by atoms with Crippen molar-refractivity contribution in [3.8, 4) is 0 Å². The fraction of sp³-hybridized carbons (Fsp3) is 0.471. The molecule has 1 aromatic rings. The summed E-state index contributed by atoms with van der Waals surface area (Å²) in [6.07, 6.45) is 5.23. The molecule has 0 amide bonds. The number of benzene rings is 1. The molecule has 0 aromatic heterocycles. The van der Waals surface area contributed by atoms with Gasteiger partial charge < -0.3 is 4.74 Å². The zero-order chi connectivity index (χ0) is 14.3. The third-order valence-electron chi connectivity index (χ3n) is 2.93. The van der Waals surface area contributed by atoms with E-state index < -0.39 is 0 Å². The molecule has 104 valence electrons. The first-order valence-corrected chi connectivity index (χ1v) is 6.89. The van der Waals surface area contributed by atoms with Crippen LogP contribution in [0.2, 0.25) is 0 Å². The lowest BCUT2D eigenvalue weighted by Gasteiger charge is -2.18. The number of unbranched alkanes of at least 4 members (excludes halogenated alkanes) is 1. The third kappa shape index (κ3) is 5.73. The Bertz CT molecular complexity index is 422. The van der Waals surface area contributed by atoms with Gasteiger partial charge in [-0.2, -0.15) is 0 Å². The Kier molecular flexibility index (Phi) is 5.81. The van der Waals surface area contributed by atoms with E-state index >= 15 is 0 Å². The van der Waals surface area contributed by atoms with E-state index in [-0.39, 0.29) is 11.4 Å². The van der Waals surface area contributed by atoms with E-state index in [0.717, 1.165) is 18.4 Å². The summed E-state index contributed by atoms with van der Waals surface area (Å²) in [5.74, 6) is -0.270. The van der Waals surface area contributed by atoms with Crippen molar-refractivity contribution in [3.05, 3.63) is 41.5 Å². The highest BCUT2D eigenvalue weighted by Gasteiger charge is 2.12. The highest BCUT2D eigenvalue weighted by Crippen LogP contribution is 2.22. The molecule has 0 fully saturated rings. The summed E-state index contributed by atoms with van der Waals surface area (Å²) in [4.78, 5) is 11.4. The number of carbonyl (C=O) groups is 1. The van der Waals surface area contributed by atoms with E-state index in [1.165, 1.54) is 11.6 Å². The predicted octanol–water partition coefficient (Wildman–Crippen LogP) is 4.34. The van der Waals surface area contributed by atoms with Crippen molar-refractivity contribution in [2.45, 2.75) is 46.0 Å². The van der Waals surface area contributed by atoms with Gasteiger partial charge in [-0.15, -0.1) is 0 Å². The second-order valence-corrected chi connectivity index (χ2v) is 5.73. The Morgan fingerprint density at radius 3 is 2.37 bits per heavy atom. The quantitative estimate of drug-likeness (QED) is 0.447. The molecule has 0 aliphatic heterocycles. The van der Waals surface area contributed by atoms with Gasteiger partial charge >= 0.3 is 5.97 Å². The first-order chi connectivity index (χ1) is 8.93. The molecule has 0 heterocycles. The molecule has 2 nitrogen and oxygen atoms in total. The lowest BCUT2D eigenvalue weighted by Crippen LogP contribution is -2.10. The maximum Gasteiger partial charge on any atom is 0.330 e. The van der Waals surface area contributed by atoms with E-state index in [9.17, 15) is 4.79 Å². The first-order valence-electron chi connectivity index (χ1n) is 6.89. The van der Waals surface area contributed by atoms with Crippen molar-refractivity contribution in [2.75, 3.05) is 6.61 Å². The molecule has 0 aliphatic rings. The van der Waals surface area contributed by atoms with E-state index in [4.69, 9.17) is 4.74 Å². The molecule has 1 rings (SSSR count). The molecule has 2 heteroatoms. The number of carbonyl (C=O) groups excluding carboxylic acids is 1. The summed E-state index contributed by atoms with van der Waals surface area (Å²) >= 11 is 0. The van der Waals surface area contributed by atoms with Crippen LogP contribution >= 0.6 is 0 Å². The van der Waals surface area contributed by atoms with Gasteiger partial charge in [-0.25, -0.2) is 4.79 Å². The maximum atomic E-state index is 11.4. The molecule has 0 atom stereocenters. The second-order valence-electron chi connectivity index (χ2n) is 5.73. The van der Waals surface area contributed by atoms with Crippen molar-refractivity contribution >= 4 is 12.0 Å². The van der Waals surface area contributed by atoms with E-state index in [2.05, 4.69) is 39.8 Å². The second kappa shape index (κ2) is 7.13. The molecule has 0 saturated carbocycles. The topological polar surface area (TPSA) is 26.3 Å². The van der Waals surface area contributed by atoms with Gasteiger partial charge in [0.15, 0.2) is 0 Å². The number of hydrogen-bond acceptors (Lipinski definition) is 2. The summed E-state index contributed by atoms with van der Waals surface area (Å²) in [7, 11) is 0. The molecule has 0 N–H and O–H groups in total. The lowest BCUT2D eigenvalue weighted by molar-refractivity contribution is -0.137. The van der Waals surface area contributed by atoms with Crippen LogP contribution in [0.4, 0.5) is 0 Å². The molecule has 0 saturated heterocycles. The molecule has 1 aromatic carbocycles. The fourth-order valence-corrected chi connectivity index (χ4v) is 1.62. The van der Waals surface area contributed by atoms with Crippen molar-refractivity contribution in [3.63, 3.8) is 0 Å². The number of esters is 1. The van der Waals surface area contributed by atoms with E-state index in [1.807, 2.05) is 12.1 Å². The van der Waals surface area contributed by atoms with Crippen molar-refractivity contribution < 1.29 is 9.53 Å². The molecule has 0 radical (unpaired) electrons. The zero-order valence-corrected chi connectivity index (χ0v) is 12.4. The Labute approximate surface area is 116 Å². The lowest BCUT2D eigenvalue weighted by atomic mass is 9.87. The Morgan fingerprint density at radius 2 is 1.84 bits per heavy atom. The smallest absolute Gasteiger partial charge is 0.330 e. The Balaban J connectivity index is 2.55. The minimum atomic E-state index is -0.270. The van der Waals surface area contributed by atoms with Crippen LogP contribution in [-0.4, -0.2) is 12.6 Å². The van der Waals surface area contributed by atoms with Crippen LogP contribution in [0.3, 0.4) is 0 Å². The van der Waals surface area contributed by atoms with Crippen molar-refractivity contribution in [2.24, 2.45) is 0 Å². The molecular formula is C17H24O2. The summed E-state index contributed by atoms with van der Waals surface area (Å²) in [5.41, 5.74) is 2.46. The Hall–Kier alpha value is -1.57. The summed E-state index contributed by atoms with van der Waals surface area (Å²) in [5, 5.41) is 0. The van der Waals surface area contributed by atoms with Gasteiger partial charge in [0.1, 0.15) is 0 Å². The van der Waals surface area contributed by atoms with Gasteiger partial charge in [0.05, 0.1) is 6.61 Å². The van der Waals surface area contributed by atoms with Crippen molar-refractivity contribution in [1.82, 2.24) is 0 Å². The summed E-state index contributed by atoms with van der Waals surface area (Å²) in [6, 6.07) is 8.25. The average molecular weight is 260 g/mol. The fourth-order valence-electron chi connectivity index (χ4n) is 1.62. The SMILES string of the molecule is CCCCOC(=O)/C=C/c1ccc(C(C)(C)C)cc1. The Morgan fingerprint density at radius 1 is 1.21 bits per heavy atom. The van der Waals surface area contributed by atoms with Crippen LogP contribution in [0.1, 0.15) is 51.7 Å². The number of rotatable bonds is 5. The zero-order valence-electron chi connectivity index (χ0n) is 12.4. The van der Waals surface area contributed by atoms with E-state index in [0.29, 0.717) is 6.61 Å². The van der Waals surface area contributed by atoms with Crippen LogP contribution < -0.4 is 0 Å². The number of ether oxygens (including phenoxy) is 1. The molecule has 0 bridgehead atoms. The van der Waals surface area contributed by atoms with E-state index in [1.54, 1.807) is 6.08 Å². The predicted molar refractivity (Wildman–Crippen MR) is 80.0 cm³/mol. The first kappa shape index (κ1) is 15.5. The molecule has 0 aliphatic carbocycles. The van der Waals surface area contributed by atoms with Crippen LogP contribution in [0.25, 0.3) is 6.08 Å². The number of hydrogen-bond donors (Lipinski definition) is 0. The minimum absolute atomic E-state index is 0.154. The van der Waals surface area contributed by atoms with Gasteiger partial charge in [0.25, 0.3) is 0 Å². The van der Waals surface area contributed by atoms with Crippen LogP contribution in [-0.2, 0) is 14.9 Å². The van der Waals surface area contributed by atoms with Gasteiger partial charge in [-0.05, 0) is 29.0 Å². The van der Waals surface area contributed by atoms with Gasteiger partial charge in [-0.3, -0.25) is 0 Å². The third-order valence-corrected chi connectivity index (χ3v) is 2.93. The van der Waals surface area contributed by atoms with Gasteiger partial charge in [-0.1, -0.05) is 58.4 Å². The summed E-state index contributed by atoms with van der Waals surface area (Å²) < 4.78 is 5.06. The monoisotopic (exact) mass is 260 g/mol. The molecular weight excluding hydrogens is 236 g/mol. The average Bonchev–Trinajstić information content (AvgIpc) is 2.36. The molecule has 0 unspecified atom stereocenters. The maximum absolute atomic E-state index is 11.4. The highest BCUT2D eigenvalue weighted by molar-refractivity contribution is 5.87. The van der Waals surface area contributed by atoms with Gasteiger partial charge in [0, 0.05) is 6.08 Å². The van der Waals surface area contributed by atoms with Crippen molar-refractivity contribution in [1.29, 1.82) is 0 Å². The van der Waals surface area contributed by atoms with Gasteiger partial charge in [0.2, 0.25) is 0 Å².